The van der Waals surface area contributed by atoms with E-state index in [1.54, 1.807) is 6.92 Å². The van der Waals surface area contributed by atoms with Gasteiger partial charge in [0, 0.05) is 31.1 Å². The van der Waals surface area contributed by atoms with Crippen LogP contribution in [0.2, 0.25) is 0 Å². The van der Waals surface area contributed by atoms with E-state index in [4.69, 9.17) is 9.47 Å². The fourth-order valence-electron chi connectivity index (χ4n) is 4.60. The Kier molecular flexibility index (Phi) is 7.36. The minimum absolute atomic E-state index is 0.161. The van der Waals surface area contributed by atoms with Crippen LogP contribution in [0.15, 0.2) is 30.9 Å². The number of carbonyl (C=O) groups is 1. The average Bonchev–Trinajstić information content (AvgIpc) is 2.74. The Morgan fingerprint density at radius 3 is 2.73 bits per heavy atom. The monoisotopic (exact) mass is 411 g/mol. The van der Waals surface area contributed by atoms with Crippen LogP contribution in [0, 0.1) is 17.8 Å². The Morgan fingerprint density at radius 1 is 1.43 bits per heavy atom. The number of methoxy groups -OCH3 is 1. The van der Waals surface area contributed by atoms with Crippen molar-refractivity contribution in [1.82, 2.24) is 4.90 Å². The van der Waals surface area contributed by atoms with Crippen LogP contribution in [-0.2, 0) is 20.7 Å². The van der Waals surface area contributed by atoms with Gasteiger partial charge in [-0.15, -0.1) is 6.58 Å². The highest BCUT2D eigenvalue weighted by molar-refractivity contribution is 5.76. The van der Waals surface area contributed by atoms with Gasteiger partial charge in [-0.1, -0.05) is 37.0 Å². The number of benzene rings is 1. The molecule has 3 atom stereocenters. The fraction of sp³-hybridized carbons (Fsp3) is 0.560. The van der Waals surface area contributed by atoms with Crippen LogP contribution in [0.5, 0.6) is 0 Å². The molecule has 0 saturated carbocycles. The number of fused-ring (bicyclic) bond motifs is 3. The first kappa shape index (κ1) is 22.6. The molecule has 5 heteroatoms. The molecule has 0 spiro atoms. The van der Waals surface area contributed by atoms with E-state index in [1.165, 1.54) is 7.11 Å². The van der Waals surface area contributed by atoms with Crippen molar-refractivity contribution < 1.29 is 19.4 Å². The number of hydrogen-bond acceptors (Lipinski definition) is 5. The van der Waals surface area contributed by atoms with E-state index in [9.17, 15) is 9.90 Å². The van der Waals surface area contributed by atoms with Gasteiger partial charge in [0.25, 0.3) is 0 Å². The van der Waals surface area contributed by atoms with Crippen molar-refractivity contribution in [3.8, 4) is 11.8 Å². The normalized spacial score (nSPS) is 26.9. The highest BCUT2D eigenvalue weighted by Crippen LogP contribution is 2.35. The summed E-state index contributed by atoms with van der Waals surface area (Å²) in [7, 11) is 1.52. The molecule has 0 radical (unpaired) electrons. The molecule has 3 unspecified atom stereocenters. The van der Waals surface area contributed by atoms with Gasteiger partial charge < -0.3 is 14.6 Å². The smallest absolute Gasteiger partial charge is 0.335 e. The van der Waals surface area contributed by atoms with Gasteiger partial charge in [0.05, 0.1) is 6.61 Å². The lowest BCUT2D eigenvalue weighted by Crippen LogP contribution is -2.58. The van der Waals surface area contributed by atoms with E-state index in [0.29, 0.717) is 19.6 Å². The number of carbonyl (C=O) groups excluding carboxylic acids is 1. The maximum atomic E-state index is 12.2. The lowest BCUT2D eigenvalue weighted by atomic mass is 9.75. The number of piperidine rings is 3. The summed E-state index contributed by atoms with van der Waals surface area (Å²) in [4.78, 5) is 14.5. The first-order valence-corrected chi connectivity index (χ1v) is 10.8. The fourth-order valence-corrected chi connectivity index (χ4v) is 4.60. The Balaban J connectivity index is 1.86. The number of hydrogen-bond donors (Lipinski definition) is 1. The number of aliphatic hydroxyl groups is 1. The molecule has 0 aliphatic carbocycles. The standard InChI is InChI=1S/C25H33NO4/c1-5-7-21-16-20(18(3)23(29-4)24(27)30-6-2)9-8-19(21)10-13-25(28)17-26-14-11-22(25)12-15-26/h5,8-9,16,18,22-23,28H,1,6-7,11-12,14-15,17H2,2-4H3. The van der Waals surface area contributed by atoms with Crippen LogP contribution in [0.3, 0.4) is 0 Å². The summed E-state index contributed by atoms with van der Waals surface area (Å²) in [6.45, 7) is 10.7. The first-order chi connectivity index (χ1) is 14.4. The van der Waals surface area contributed by atoms with E-state index >= 15 is 0 Å². The van der Waals surface area contributed by atoms with Gasteiger partial charge in [0.2, 0.25) is 0 Å². The molecule has 0 aromatic heterocycles. The Labute approximate surface area is 180 Å². The third-order valence-corrected chi connectivity index (χ3v) is 6.39. The maximum Gasteiger partial charge on any atom is 0.335 e. The molecule has 1 aromatic rings. The minimum Gasteiger partial charge on any atom is -0.464 e. The quantitative estimate of drug-likeness (QED) is 0.425. The van der Waals surface area contributed by atoms with E-state index in [2.05, 4.69) is 29.4 Å². The van der Waals surface area contributed by atoms with Gasteiger partial charge in [0.15, 0.2) is 6.10 Å². The molecule has 162 valence electrons. The lowest BCUT2D eigenvalue weighted by Gasteiger charge is -2.47. The molecule has 3 aliphatic rings. The van der Waals surface area contributed by atoms with Gasteiger partial charge in [0.1, 0.15) is 5.60 Å². The summed E-state index contributed by atoms with van der Waals surface area (Å²) in [5.74, 6) is 6.18. The Hall–Kier alpha value is -2.13. The van der Waals surface area contributed by atoms with Crippen molar-refractivity contribution >= 4 is 5.97 Å². The van der Waals surface area contributed by atoms with Gasteiger partial charge in [-0.2, -0.15) is 0 Å². The zero-order valence-electron chi connectivity index (χ0n) is 18.3. The average molecular weight is 412 g/mol. The third kappa shape index (κ3) is 4.78. The molecule has 3 aliphatic heterocycles. The van der Waals surface area contributed by atoms with E-state index in [0.717, 1.165) is 42.6 Å². The molecule has 5 nitrogen and oxygen atoms in total. The molecule has 1 aromatic carbocycles. The number of rotatable bonds is 7. The van der Waals surface area contributed by atoms with Crippen LogP contribution >= 0.6 is 0 Å². The van der Waals surface area contributed by atoms with Crippen molar-refractivity contribution in [3.63, 3.8) is 0 Å². The number of ether oxygens (including phenoxy) is 2. The van der Waals surface area contributed by atoms with Gasteiger partial charge >= 0.3 is 5.97 Å². The molecular formula is C25H33NO4. The van der Waals surface area contributed by atoms with E-state index < -0.39 is 11.7 Å². The summed E-state index contributed by atoms with van der Waals surface area (Å²) in [5, 5.41) is 11.1. The summed E-state index contributed by atoms with van der Waals surface area (Å²) >= 11 is 0. The summed E-state index contributed by atoms with van der Waals surface area (Å²) in [6.07, 6.45) is 3.86. The van der Waals surface area contributed by atoms with Crippen LogP contribution in [0.25, 0.3) is 0 Å². The van der Waals surface area contributed by atoms with Gasteiger partial charge in [-0.3, -0.25) is 4.90 Å². The van der Waals surface area contributed by atoms with Crippen molar-refractivity contribution in [2.24, 2.45) is 5.92 Å². The summed E-state index contributed by atoms with van der Waals surface area (Å²) in [6, 6.07) is 6.01. The number of esters is 1. The lowest BCUT2D eigenvalue weighted by molar-refractivity contribution is -0.156. The van der Waals surface area contributed by atoms with Crippen LogP contribution in [-0.4, -0.2) is 61.0 Å². The molecule has 30 heavy (non-hydrogen) atoms. The molecule has 1 N–H and O–H groups in total. The van der Waals surface area contributed by atoms with Gasteiger partial charge in [-0.25, -0.2) is 4.79 Å². The second-order valence-corrected chi connectivity index (χ2v) is 8.33. The Bertz CT molecular complexity index is 831. The zero-order valence-corrected chi connectivity index (χ0v) is 18.3. The second-order valence-electron chi connectivity index (χ2n) is 8.33. The number of nitrogens with zero attached hydrogens (tertiary/aromatic N) is 1. The topological polar surface area (TPSA) is 59.0 Å². The first-order valence-electron chi connectivity index (χ1n) is 10.8. The van der Waals surface area contributed by atoms with Crippen LogP contribution in [0.1, 0.15) is 49.3 Å². The molecule has 0 amide bonds. The van der Waals surface area contributed by atoms with Crippen LogP contribution < -0.4 is 0 Å². The van der Waals surface area contributed by atoms with Crippen molar-refractivity contribution in [2.75, 3.05) is 33.4 Å². The number of allylic oxidation sites excluding steroid dienone is 1. The zero-order chi connectivity index (χ0) is 21.7. The van der Waals surface area contributed by atoms with Crippen molar-refractivity contribution in [2.45, 2.75) is 50.7 Å². The largest absolute Gasteiger partial charge is 0.464 e. The molecule has 4 rings (SSSR count). The predicted molar refractivity (Wildman–Crippen MR) is 117 cm³/mol. The molecule has 3 fully saturated rings. The Morgan fingerprint density at radius 2 is 2.17 bits per heavy atom. The maximum absolute atomic E-state index is 12.2. The van der Waals surface area contributed by atoms with E-state index in [-0.39, 0.29) is 17.8 Å². The highest BCUT2D eigenvalue weighted by Gasteiger charge is 2.44. The molecule has 3 saturated heterocycles. The minimum atomic E-state index is -0.932. The van der Waals surface area contributed by atoms with Gasteiger partial charge in [-0.05, 0) is 56.5 Å². The van der Waals surface area contributed by atoms with Crippen LogP contribution in [0.4, 0.5) is 0 Å². The second kappa shape index (κ2) is 9.78. The molecule has 3 heterocycles. The predicted octanol–water partition coefficient (Wildman–Crippen LogP) is 2.90. The van der Waals surface area contributed by atoms with E-state index in [1.807, 2.05) is 25.1 Å². The summed E-state index contributed by atoms with van der Waals surface area (Å²) in [5.41, 5.74) is 1.98. The van der Waals surface area contributed by atoms with Crippen molar-refractivity contribution in [3.05, 3.63) is 47.5 Å². The SMILES string of the molecule is C=CCc1cc(C(C)C(OC)C(=O)OCC)ccc1C#CC1(O)CN2CCC1CC2. The third-order valence-electron chi connectivity index (χ3n) is 6.39. The molecule has 2 bridgehead atoms. The van der Waals surface area contributed by atoms with Crippen molar-refractivity contribution in [1.29, 1.82) is 0 Å². The molecular weight excluding hydrogens is 378 g/mol. The summed E-state index contributed by atoms with van der Waals surface area (Å²) < 4.78 is 10.6. The highest BCUT2D eigenvalue weighted by atomic mass is 16.6.